The molecule has 1 N–H and O–H groups in total. The predicted octanol–water partition coefficient (Wildman–Crippen LogP) is 3.66. The molecule has 0 amide bonds. The summed E-state index contributed by atoms with van der Waals surface area (Å²) in [7, 11) is 1.63. The second-order valence-electron chi connectivity index (χ2n) is 6.07. The number of piperidine rings is 1. The molecular formula is C20H23NO2. The van der Waals surface area contributed by atoms with Gasteiger partial charge in [-0.15, -0.1) is 0 Å². The summed E-state index contributed by atoms with van der Waals surface area (Å²) in [5.41, 5.74) is 1.85. The molecule has 0 saturated carbocycles. The van der Waals surface area contributed by atoms with Crippen molar-refractivity contribution in [1.82, 2.24) is 5.32 Å². The Morgan fingerprint density at radius 2 is 1.83 bits per heavy atom. The molecule has 3 rings (SSSR count). The summed E-state index contributed by atoms with van der Waals surface area (Å²) in [6.45, 7) is 1.97. The van der Waals surface area contributed by atoms with E-state index >= 15 is 0 Å². The molecule has 23 heavy (non-hydrogen) atoms. The lowest BCUT2D eigenvalue weighted by Crippen LogP contribution is -2.33. The van der Waals surface area contributed by atoms with Gasteiger partial charge in [0, 0.05) is 5.56 Å². The van der Waals surface area contributed by atoms with Crippen LogP contribution < -0.4 is 10.1 Å². The van der Waals surface area contributed by atoms with Gasteiger partial charge in [-0.05, 0) is 49.5 Å². The fourth-order valence-electron chi connectivity index (χ4n) is 3.43. The van der Waals surface area contributed by atoms with Gasteiger partial charge >= 0.3 is 0 Å². The Labute approximate surface area is 137 Å². The van der Waals surface area contributed by atoms with Crippen LogP contribution in [0.3, 0.4) is 0 Å². The Hall–Kier alpha value is -2.13. The average molecular weight is 309 g/mol. The van der Waals surface area contributed by atoms with E-state index < -0.39 is 0 Å². The first-order chi connectivity index (χ1) is 11.3. The lowest BCUT2D eigenvalue weighted by atomic mass is 9.76. The predicted molar refractivity (Wildman–Crippen MR) is 92.1 cm³/mol. The van der Waals surface area contributed by atoms with Crippen molar-refractivity contribution in [3.63, 3.8) is 0 Å². The normalized spacial score (nSPS) is 16.7. The first-order valence-corrected chi connectivity index (χ1v) is 8.23. The number of ether oxygens (including phenoxy) is 1. The van der Waals surface area contributed by atoms with Gasteiger partial charge in [-0.25, -0.2) is 0 Å². The number of carbonyl (C=O) groups excluding carboxylic acids is 1. The van der Waals surface area contributed by atoms with Crippen LogP contribution >= 0.6 is 0 Å². The van der Waals surface area contributed by atoms with E-state index in [4.69, 9.17) is 4.74 Å². The summed E-state index contributed by atoms with van der Waals surface area (Å²) in [5, 5.41) is 3.39. The Kier molecular flexibility index (Phi) is 5.09. The van der Waals surface area contributed by atoms with Crippen molar-refractivity contribution in [2.45, 2.75) is 18.8 Å². The lowest BCUT2D eigenvalue weighted by Gasteiger charge is -2.30. The molecule has 1 atom stereocenters. The molecule has 0 bridgehead atoms. The molecule has 3 nitrogen and oxygen atoms in total. The Morgan fingerprint density at radius 3 is 2.52 bits per heavy atom. The summed E-state index contributed by atoms with van der Waals surface area (Å²) < 4.78 is 5.27. The minimum absolute atomic E-state index is 0.0783. The van der Waals surface area contributed by atoms with Crippen molar-refractivity contribution in [2.24, 2.45) is 5.92 Å². The van der Waals surface area contributed by atoms with E-state index in [9.17, 15) is 4.79 Å². The van der Waals surface area contributed by atoms with Crippen molar-refractivity contribution in [2.75, 3.05) is 20.2 Å². The van der Waals surface area contributed by atoms with Gasteiger partial charge in [0.1, 0.15) is 5.75 Å². The van der Waals surface area contributed by atoms with Gasteiger partial charge in [0.25, 0.3) is 0 Å². The highest BCUT2D eigenvalue weighted by Gasteiger charge is 2.31. The van der Waals surface area contributed by atoms with Crippen molar-refractivity contribution < 1.29 is 9.53 Å². The number of rotatable bonds is 5. The molecule has 3 heteroatoms. The van der Waals surface area contributed by atoms with Gasteiger partial charge in [-0.2, -0.15) is 0 Å². The second-order valence-corrected chi connectivity index (χ2v) is 6.07. The van der Waals surface area contributed by atoms with Crippen LogP contribution in [0.2, 0.25) is 0 Å². The molecule has 1 unspecified atom stereocenters. The number of ketones is 1. The van der Waals surface area contributed by atoms with E-state index in [2.05, 4.69) is 17.4 Å². The van der Waals surface area contributed by atoms with Gasteiger partial charge in [-0.1, -0.05) is 42.5 Å². The largest absolute Gasteiger partial charge is 0.497 e. The molecule has 0 aromatic heterocycles. The molecule has 1 heterocycles. The molecule has 2 aromatic rings. The molecule has 120 valence electrons. The Balaban J connectivity index is 1.95. The summed E-state index contributed by atoms with van der Waals surface area (Å²) in [5.74, 6) is 1.23. The second kappa shape index (κ2) is 7.42. The number of Topliss-reactive ketones (excluding diaryl/α,β-unsaturated/α-hetero) is 1. The molecular weight excluding hydrogens is 286 g/mol. The van der Waals surface area contributed by atoms with Crippen LogP contribution in [0.4, 0.5) is 0 Å². The molecule has 1 aliphatic rings. The highest BCUT2D eigenvalue weighted by atomic mass is 16.5. The Bertz CT molecular complexity index is 648. The fourth-order valence-corrected chi connectivity index (χ4v) is 3.43. The van der Waals surface area contributed by atoms with Crippen LogP contribution in [-0.2, 0) is 0 Å². The highest BCUT2D eigenvalue weighted by molar-refractivity contribution is 6.01. The third-order valence-electron chi connectivity index (χ3n) is 4.65. The monoisotopic (exact) mass is 309 g/mol. The van der Waals surface area contributed by atoms with Gasteiger partial charge in [-0.3, -0.25) is 4.79 Å². The van der Waals surface area contributed by atoms with Crippen LogP contribution in [0.15, 0.2) is 54.6 Å². The third-order valence-corrected chi connectivity index (χ3v) is 4.65. The summed E-state index contributed by atoms with van der Waals surface area (Å²) in [4.78, 5) is 13.2. The van der Waals surface area contributed by atoms with Crippen molar-refractivity contribution in [3.05, 3.63) is 65.7 Å². The van der Waals surface area contributed by atoms with Crippen LogP contribution in [0.25, 0.3) is 0 Å². The first-order valence-electron chi connectivity index (χ1n) is 8.23. The van der Waals surface area contributed by atoms with Crippen LogP contribution in [-0.4, -0.2) is 26.0 Å². The standard InChI is InChI=1S/C20H23NO2/c1-23-18-9-5-8-17(14-18)20(22)19(15-6-3-2-4-7-15)16-10-12-21-13-11-16/h2-9,14,16,19,21H,10-13H2,1H3. The molecule has 1 fully saturated rings. The fraction of sp³-hybridized carbons (Fsp3) is 0.350. The maximum absolute atomic E-state index is 13.2. The number of hydrogen-bond acceptors (Lipinski definition) is 3. The average Bonchev–Trinajstić information content (AvgIpc) is 2.64. The van der Waals surface area contributed by atoms with E-state index in [-0.39, 0.29) is 11.7 Å². The zero-order valence-corrected chi connectivity index (χ0v) is 13.5. The van der Waals surface area contributed by atoms with E-state index in [1.165, 1.54) is 0 Å². The minimum atomic E-state index is -0.0783. The third kappa shape index (κ3) is 3.62. The molecule has 1 saturated heterocycles. The van der Waals surface area contributed by atoms with Crippen molar-refractivity contribution >= 4 is 5.78 Å². The molecule has 1 aliphatic heterocycles. The minimum Gasteiger partial charge on any atom is -0.497 e. The topological polar surface area (TPSA) is 38.3 Å². The zero-order chi connectivity index (χ0) is 16.1. The van der Waals surface area contributed by atoms with Gasteiger partial charge < -0.3 is 10.1 Å². The number of methoxy groups -OCH3 is 1. The van der Waals surface area contributed by atoms with Crippen LogP contribution in [0.1, 0.15) is 34.7 Å². The first kappa shape index (κ1) is 15.8. The maximum atomic E-state index is 13.2. The lowest BCUT2D eigenvalue weighted by molar-refractivity contribution is 0.0915. The number of nitrogens with one attached hydrogen (secondary N) is 1. The molecule has 0 aliphatic carbocycles. The SMILES string of the molecule is COc1cccc(C(=O)C(c2ccccc2)C2CCNCC2)c1. The van der Waals surface area contributed by atoms with Crippen molar-refractivity contribution in [3.8, 4) is 5.75 Å². The van der Waals surface area contributed by atoms with Gasteiger partial charge in [0.2, 0.25) is 0 Å². The summed E-state index contributed by atoms with van der Waals surface area (Å²) in [6.07, 6.45) is 2.07. The number of carbonyl (C=O) groups is 1. The van der Waals surface area contributed by atoms with E-state index in [0.717, 1.165) is 42.8 Å². The Morgan fingerprint density at radius 1 is 1.09 bits per heavy atom. The van der Waals surface area contributed by atoms with Crippen LogP contribution in [0.5, 0.6) is 5.75 Å². The van der Waals surface area contributed by atoms with Crippen molar-refractivity contribution in [1.29, 1.82) is 0 Å². The van der Waals surface area contributed by atoms with E-state index in [1.807, 2.05) is 42.5 Å². The molecule has 0 spiro atoms. The number of hydrogen-bond donors (Lipinski definition) is 1. The van der Waals surface area contributed by atoms with E-state index in [1.54, 1.807) is 7.11 Å². The van der Waals surface area contributed by atoms with Crippen LogP contribution in [0, 0.1) is 5.92 Å². The highest BCUT2D eigenvalue weighted by Crippen LogP contribution is 2.34. The molecule has 2 aromatic carbocycles. The quantitative estimate of drug-likeness (QED) is 0.857. The van der Waals surface area contributed by atoms with Gasteiger partial charge in [0.05, 0.1) is 13.0 Å². The maximum Gasteiger partial charge on any atom is 0.170 e. The smallest absolute Gasteiger partial charge is 0.170 e. The van der Waals surface area contributed by atoms with Gasteiger partial charge in [0.15, 0.2) is 5.78 Å². The zero-order valence-electron chi connectivity index (χ0n) is 13.5. The molecule has 0 radical (unpaired) electrons. The van der Waals surface area contributed by atoms with E-state index in [0.29, 0.717) is 5.92 Å². The summed E-state index contributed by atoms with van der Waals surface area (Å²) >= 11 is 0. The number of benzene rings is 2. The summed E-state index contributed by atoms with van der Waals surface area (Å²) in [6, 6.07) is 17.7.